The Morgan fingerprint density at radius 3 is 2.66 bits per heavy atom. The third-order valence-corrected chi connectivity index (χ3v) is 5.72. The van der Waals surface area contributed by atoms with E-state index in [1.165, 1.54) is 24.3 Å². The van der Waals surface area contributed by atoms with Crippen LogP contribution in [0.15, 0.2) is 53.2 Å². The minimum Gasteiger partial charge on any atom is -0.378 e. The average Bonchev–Trinajstić information content (AvgIpc) is 3.24. The molecule has 1 aliphatic rings. The molecular formula is C24H20F3N5O3. The van der Waals surface area contributed by atoms with Crippen LogP contribution in [-0.2, 0) is 10.9 Å². The number of hydrogen-bond donors (Lipinski definition) is 1. The third kappa shape index (κ3) is 4.42. The van der Waals surface area contributed by atoms with Crippen LogP contribution in [-0.4, -0.2) is 47.3 Å². The number of amides is 1. The zero-order valence-electron chi connectivity index (χ0n) is 18.6. The van der Waals surface area contributed by atoms with Crippen LogP contribution in [0.3, 0.4) is 0 Å². The lowest BCUT2D eigenvalue weighted by Gasteiger charge is -2.29. The minimum atomic E-state index is -4.60. The van der Waals surface area contributed by atoms with Gasteiger partial charge in [-0.05, 0) is 31.2 Å². The molecule has 0 radical (unpaired) electrons. The number of aryl methyl sites for hydroxylation is 1. The molecule has 1 N–H and O–H groups in total. The molecule has 1 aromatic carbocycles. The number of halogens is 3. The first-order valence-corrected chi connectivity index (χ1v) is 10.9. The van der Waals surface area contributed by atoms with Gasteiger partial charge in [0.05, 0.1) is 46.8 Å². The number of nitrogens with zero attached hydrogens (tertiary/aromatic N) is 4. The lowest BCUT2D eigenvalue weighted by atomic mass is 10.0. The fourth-order valence-corrected chi connectivity index (χ4v) is 4.08. The average molecular weight is 483 g/mol. The first-order valence-electron chi connectivity index (χ1n) is 10.9. The Kier molecular flexibility index (Phi) is 5.85. The van der Waals surface area contributed by atoms with E-state index in [9.17, 15) is 18.0 Å². The van der Waals surface area contributed by atoms with Crippen LogP contribution < -0.4 is 10.2 Å². The van der Waals surface area contributed by atoms with E-state index < -0.39 is 17.6 Å². The van der Waals surface area contributed by atoms with Crippen LogP contribution in [0.2, 0.25) is 0 Å². The topological polar surface area (TPSA) is 93.4 Å². The predicted octanol–water partition coefficient (Wildman–Crippen LogP) is 4.70. The molecule has 3 aromatic heterocycles. The van der Waals surface area contributed by atoms with Gasteiger partial charge in [-0.25, -0.2) is 9.97 Å². The van der Waals surface area contributed by atoms with E-state index in [0.29, 0.717) is 48.9 Å². The first kappa shape index (κ1) is 22.8. The second-order valence-electron chi connectivity index (χ2n) is 7.97. The molecule has 0 spiro atoms. The summed E-state index contributed by atoms with van der Waals surface area (Å²) in [5.74, 6) is 0.0380. The maximum atomic E-state index is 13.7. The minimum absolute atomic E-state index is 0.0262. The van der Waals surface area contributed by atoms with Crippen LogP contribution in [0.1, 0.15) is 21.6 Å². The van der Waals surface area contributed by atoms with E-state index in [0.717, 1.165) is 6.07 Å². The van der Waals surface area contributed by atoms with Crippen molar-refractivity contribution in [3.8, 4) is 11.3 Å². The van der Waals surface area contributed by atoms with Crippen LogP contribution in [0.5, 0.6) is 0 Å². The van der Waals surface area contributed by atoms with Crippen LogP contribution in [0.4, 0.5) is 24.7 Å². The van der Waals surface area contributed by atoms with Crippen molar-refractivity contribution >= 4 is 28.5 Å². The molecule has 4 aromatic rings. The molecule has 1 fully saturated rings. The summed E-state index contributed by atoms with van der Waals surface area (Å²) < 4.78 is 51.6. The number of aromatic nitrogens is 3. The van der Waals surface area contributed by atoms with Gasteiger partial charge in [0, 0.05) is 24.8 Å². The normalized spacial score (nSPS) is 14.3. The molecule has 0 unspecified atom stereocenters. The van der Waals surface area contributed by atoms with Crippen molar-refractivity contribution < 1.29 is 27.2 Å². The molecule has 180 valence electrons. The second-order valence-corrected chi connectivity index (χ2v) is 7.97. The summed E-state index contributed by atoms with van der Waals surface area (Å²) in [7, 11) is 0. The van der Waals surface area contributed by atoms with E-state index in [1.54, 1.807) is 25.3 Å². The molecule has 0 saturated carbocycles. The van der Waals surface area contributed by atoms with Crippen LogP contribution >= 0.6 is 0 Å². The first-order chi connectivity index (χ1) is 16.8. The van der Waals surface area contributed by atoms with Crippen LogP contribution in [0.25, 0.3) is 22.4 Å². The number of carbonyl (C=O) groups is 1. The monoisotopic (exact) mass is 483 g/mol. The number of carbonyl (C=O) groups excluding carboxylic acids is 1. The molecule has 5 rings (SSSR count). The molecule has 1 amide bonds. The fourth-order valence-electron chi connectivity index (χ4n) is 4.08. The number of rotatable bonds is 4. The largest absolute Gasteiger partial charge is 0.417 e. The van der Waals surface area contributed by atoms with Crippen molar-refractivity contribution in [2.45, 2.75) is 13.1 Å². The molecule has 0 atom stereocenters. The highest BCUT2D eigenvalue weighted by Gasteiger charge is 2.34. The molecule has 0 bridgehead atoms. The standard InChI is InChI=1S/C24H20F3N5O3/c1-14-20-16(22(33)29-18-7-4-8-28-21(18)32-9-11-34-12-10-32)13-19(30-23(20)35-31-14)15-5-2-3-6-17(15)24(25,26)27/h2-8,13H,9-12H2,1H3,(H,29,33). The molecule has 0 aliphatic carbocycles. The smallest absolute Gasteiger partial charge is 0.378 e. The van der Waals surface area contributed by atoms with Gasteiger partial charge in [0.15, 0.2) is 5.82 Å². The highest BCUT2D eigenvalue weighted by atomic mass is 19.4. The van der Waals surface area contributed by atoms with E-state index in [-0.39, 0.29) is 22.5 Å². The Morgan fingerprint density at radius 2 is 1.89 bits per heavy atom. The van der Waals surface area contributed by atoms with Gasteiger partial charge in [0.2, 0.25) is 0 Å². The van der Waals surface area contributed by atoms with Crippen molar-refractivity contribution in [1.82, 2.24) is 15.1 Å². The molecule has 35 heavy (non-hydrogen) atoms. The number of morpholine rings is 1. The number of benzene rings is 1. The van der Waals surface area contributed by atoms with Crippen molar-refractivity contribution in [3.63, 3.8) is 0 Å². The van der Waals surface area contributed by atoms with E-state index in [1.807, 2.05) is 4.90 Å². The van der Waals surface area contributed by atoms with E-state index in [2.05, 4.69) is 20.4 Å². The molecule has 1 aliphatic heterocycles. The van der Waals surface area contributed by atoms with Crippen molar-refractivity contribution in [2.75, 3.05) is 36.5 Å². The third-order valence-electron chi connectivity index (χ3n) is 5.72. The maximum absolute atomic E-state index is 13.7. The highest BCUT2D eigenvalue weighted by Crippen LogP contribution is 2.38. The van der Waals surface area contributed by atoms with Gasteiger partial charge in [-0.2, -0.15) is 13.2 Å². The predicted molar refractivity (Wildman–Crippen MR) is 122 cm³/mol. The van der Waals surface area contributed by atoms with Crippen molar-refractivity contribution in [3.05, 3.63) is 65.5 Å². The van der Waals surface area contributed by atoms with Crippen LogP contribution in [0, 0.1) is 6.92 Å². The van der Waals surface area contributed by atoms with Gasteiger partial charge in [0.1, 0.15) is 0 Å². The van der Waals surface area contributed by atoms with Crippen molar-refractivity contribution in [2.24, 2.45) is 0 Å². The Hall–Kier alpha value is -3.99. The summed E-state index contributed by atoms with van der Waals surface area (Å²) in [4.78, 5) is 24.1. The Bertz CT molecular complexity index is 1400. The fraction of sp³-hybridized carbons (Fsp3) is 0.250. The number of hydrogen-bond acceptors (Lipinski definition) is 7. The summed E-state index contributed by atoms with van der Waals surface area (Å²) in [6.45, 7) is 3.94. The summed E-state index contributed by atoms with van der Waals surface area (Å²) in [5.41, 5.74) is -0.147. The summed E-state index contributed by atoms with van der Waals surface area (Å²) >= 11 is 0. The molecule has 1 saturated heterocycles. The molecule has 11 heteroatoms. The lowest BCUT2D eigenvalue weighted by molar-refractivity contribution is -0.137. The highest BCUT2D eigenvalue weighted by molar-refractivity contribution is 6.13. The van der Waals surface area contributed by atoms with Crippen molar-refractivity contribution in [1.29, 1.82) is 0 Å². The number of alkyl halides is 3. The summed E-state index contributed by atoms with van der Waals surface area (Å²) in [5, 5.41) is 7.05. The van der Waals surface area contributed by atoms with E-state index >= 15 is 0 Å². The molecule has 4 heterocycles. The number of ether oxygens (including phenoxy) is 1. The summed E-state index contributed by atoms with van der Waals surface area (Å²) in [6, 6.07) is 9.79. The van der Waals surface area contributed by atoms with Gasteiger partial charge in [0.25, 0.3) is 11.6 Å². The van der Waals surface area contributed by atoms with Gasteiger partial charge in [-0.1, -0.05) is 23.4 Å². The number of nitrogens with one attached hydrogen (secondary N) is 1. The van der Waals surface area contributed by atoms with Gasteiger partial charge < -0.3 is 19.5 Å². The number of fused-ring (bicyclic) bond motifs is 1. The SMILES string of the molecule is Cc1noc2nc(-c3ccccc3C(F)(F)F)cc(C(=O)Nc3cccnc3N3CCOCC3)c12. The summed E-state index contributed by atoms with van der Waals surface area (Å²) in [6.07, 6.45) is -2.98. The van der Waals surface area contributed by atoms with E-state index in [4.69, 9.17) is 9.26 Å². The quantitative estimate of drug-likeness (QED) is 0.450. The zero-order chi connectivity index (χ0) is 24.6. The number of pyridine rings is 2. The second kappa shape index (κ2) is 8.99. The zero-order valence-corrected chi connectivity index (χ0v) is 18.6. The molecular weight excluding hydrogens is 463 g/mol. The van der Waals surface area contributed by atoms with Gasteiger partial charge in [-0.3, -0.25) is 4.79 Å². The Labute approximate surface area is 197 Å². The maximum Gasteiger partial charge on any atom is 0.417 e. The van der Waals surface area contributed by atoms with Gasteiger partial charge in [-0.15, -0.1) is 0 Å². The lowest BCUT2D eigenvalue weighted by Crippen LogP contribution is -2.37. The van der Waals surface area contributed by atoms with Gasteiger partial charge >= 0.3 is 6.18 Å². The Balaban J connectivity index is 1.58. The Morgan fingerprint density at radius 1 is 1.11 bits per heavy atom. The number of anilines is 2. The molecule has 8 nitrogen and oxygen atoms in total.